The molecular weight excluding hydrogens is 300 g/mol. The molecule has 4 heteroatoms. The fourth-order valence-corrected chi connectivity index (χ4v) is 2.41. The molecule has 0 saturated heterocycles. The molecule has 0 radical (unpaired) electrons. The molecule has 0 atom stereocenters. The van der Waals surface area contributed by atoms with E-state index in [1.54, 1.807) is 31.4 Å². The summed E-state index contributed by atoms with van der Waals surface area (Å²) in [5.74, 6) is 1.65. The molecular formula is C20H16N2O2. The zero-order valence-corrected chi connectivity index (χ0v) is 13.5. The van der Waals surface area contributed by atoms with Crippen LogP contribution in [-0.2, 0) is 0 Å². The molecule has 0 spiro atoms. The van der Waals surface area contributed by atoms with Crippen LogP contribution in [0.3, 0.4) is 0 Å². The minimum absolute atomic E-state index is 0.305. The van der Waals surface area contributed by atoms with Gasteiger partial charge in [0.2, 0.25) is 5.88 Å². The normalized spacial score (nSPS) is 10.0. The van der Waals surface area contributed by atoms with Crippen molar-refractivity contribution in [3.8, 4) is 34.6 Å². The van der Waals surface area contributed by atoms with Gasteiger partial charge in [-0.3, -0.25) is 0 Å². The summed E-state index contributed by atoms with van der Waals surface area (Å²) in [5, 5.41) is 9.45. The van der Waals surface area contributed by atoms with Crippen molar-refractivity contribution in [1.29, 1.82) is 5.26 Å². The lowest BCUT2D eigenvalue weighted by atomic mass is 10.0. The van der Waals surface area contributed by atoms with Crippen molar-refractivity contribution in [2.75, 3.05) is 7.11 Å². The van der Waals surface area contributed by atoms with Gasteiger partial charge in [0.25, 0.3) is 0 Å². The molecule has 3 rings (SSSR count). The summed E-state index contributed by atoms with van der Waals surface area (Å²) in [7, 11) is 1.61. The van der Waals surface area contributed by atoms with Crippen LogP contribution in [0.4, 0.5) is 0 Å². The van der Waals surface area contributed by atoms with Gasteiger partial charge in [0.05, 0.1) is 7.11 Å². The molecule has 0 aliphatic heterocycles. The summed E-state index contributed by atoms with van der Waals surface area (Å²) in [6, 6.07) is 21.0. The standard InChI is InChI=1S/C20H16N2O2/c1-14-19(15-6-4-3-5-7-15)12-16(13-21)20(22-14)24-18-10-8-17(23-2)9-11-18/h3-12H,1-2H3. The maximum Gasteiger partial charge on any atom is 0.237 e. The molecule has 118 valence electrons. The number of nitrogens with zero attached hydrogens (tertiary/aromatic N) is 2. The second-order valence-corrected chi connectivity index (χ2v) is 5.23. The second-order valence-electron chi connectivity index (χ2n) is 5.23. The number of hydrogen-bond donors (Lipinski definition) is 0. The molecule has 4 nitrogen and oxygen atoms in total. The van der Waals surface area contributed by atoms with Gasteiger partial charge >= 0.3 is 0 Å². The summed E-state index contributed by atoms with van der Waals surface area (Å²) < 4.78 is 10.9. The van der Waals surface area contributed by atoms with Gasteiger partial charge < -0.3 is 9.47 Å². The Morgan fingerprint density at radius 3 is 2.25 bits per heavy atom. The van der Waals surface area contributed by atoms with E-state index in [2.05, 4.69) is 11.1 Å². The summed E-state index contributed by atoms with van der Waals surface area (Å²) >= 11 is 0. The van der Waals surface area contributed by atoms with Crippen LogP contribution in [0.2, 0.25) is 0 Å². The molecule has 2 aromatic carbocycles. The third kappa shape index (κ3) is 3.21. The Kier molecular flexibility index (Phi) is 4.44. The molecule has 1 aromatic heterocycles. The first-order valence-corrected chi connectivity index (χ1v) is 7.50. The van der Waals surface area contributed by atoms with Gasteiger partial charge in [-0.05, 0) is 42.8 Å². The molecule has 0 unspecified atom stereocenters. The topological polar surface area (TPSA) is 55.1 Å². The van der Waals surface area contributed by atoms with E-state index >= 15 is 0 Å². The van der Waals surface area contributed by atoms with Gasteiger partial charge in [0.1, 0.15) is 23.1 Å². The SMILES string of the molecule is COc1ccc(Oc2nc(C)c(-c3ccccc3)cc2C#N)cc1. The van der Waals surface area contributed by atoms with Gasteiger partial charge in [0, 0.05) is 11.3 Å². The lowest BCUT2D eigenvalue weighted by molar-refractivity contribution is 0.412. The number of hydrogen-bond acceptors (Lipinski definition) is 4. The minimum atomic E-state index is 0.305. The van der Waals surface area contributed by atoms with Crippen molar-refractivity contribution in [1.82, 2.24) is 4.98 Å². The Hall–Kier alpha value is -3.32. The number of pyridine rings is 1. The average Bonchev–Trinajstić information content (AvgIpc) is 2.63. The van der Waals surface area contributed by atoms with Crippen LogP contribution in [0.15, 0.2) is 60.7 Å². The minimum Gasteiger partial charge on any atom is -0.497 e. The monoisotopic (exact) mass is 316 g/mol. The molecule has 0 fully saturated rings. The van der Waals surface area contributed by atoms with Crippen LogP contribution >= 0.6 is 0 Å². The van der Waals surface area contributed by atoms with E-state index in [1.807, 2.05) is 43.3 Å². The zero-order valence-electron chi connectivity index (χ0n) is 13.5. The number of ether oxygens (including phenoxy) is 2. The molecule has 1 heterocycles. The fourth-order valence-electron chi connectivity index (χ4n) is 2.41. The largest absolute Gasteiger partial charge is 0.497 e. The van der Waals surface area contributed by atoms with Gasteiger partial charge in [-0.15, -0.1) is 0 Å². The molecule has 0 aliphatic carbocycles. The van der Waals surface area contributed by atoms with Gasteiger partial charge in [-0.25, -0.2) is 4.98 Å². The highest BCUT2D eigenvalue weighted by Gasteiger charge is 2.12. The molecule has 0 saturated carbocycles. The maximum absolute atomic E-state index is 9.45. The predicted molar refractivity (Wildman–Crippen MR) is 92.2 cm³/mol. The number of aryl methyl sites for hydroxylation is 1. The van der Waals surface area contributed by atoms with E-state index in [0.717, 1.165) is 22.6 Å². The lowest BCUT2D eigenvalue weighted by Crippen LogP contribution is -1.97. The Morgan fingerprint density at radius 2 is 1.62 bits per heavy atom. The number of rotatable bonds is 4. The molecule has 0 N–H and O–H groups in total. The summed E-state index contributed by atoms with van der Waals surface area (Å²) in [4.78, 5) is 4.48. The van der Waals surface area contributed by atoms with Crippen molar-refractivity contribution >= 4 is 0 Å². The van der Waals surface area contributed by atoms with Crippen molar-refractivity contribution < 1.29 is 9.47 Å². The van der Waals surface area contributed by atoms with Crippen molar-refractivity contribution in [3.05, 3.63) is 71.9 Å². The van der Waals surface area contributed by atoms with Crippen LogP contribution in [0.5, 0.6) is 17.4 Å². The van der Waals surface area contributed by atoms with Crippen LogP contribution in [0, 0.1) is 18.3 Å². The molecule has 3 aromatic rings. The highest BCUT2D eigenvalue weighted by Crippen LogP contribution is 2.30. The fraction of sp³-hybridized carbons (Fsp3) is 0.100. The third-order valence-electron chi connectivity index (χ3n) is 3.66. The summed E-state index contributed by atoms with van der Waals surface area (Å²) in [5.41, 5.74) is 3.16. The van der Waals surface area contributed by atoms with Gasteiger partial charge in [-0.1, -0.05) is 30.3 Å². The van der Waals surface area contributed by atoms with E-state index in [9.17, 15) is 5.26 Å². The average molecular weight is 316 g/mol. The van der Waals surface area contributed by atoms with Crippen LogP contribution in [0.1, 0.15) is 11.3 Å². The number of aromatic nitrogens is 1. The van der Waals surface area contributed by atoms with E-state index < -0.39 is 0 Å². The van der Waals surface area contributed by atoms with E-state index in [-0.39, 0.29) is 0 Å². The van der Waals surface area contributed by atoms with Crippen LogP contribution in [-0.4, -0.2) is 12.1 Å². The number of nitriles is 1. The molecule has 0 bridgehead atoms. The predicted octanol–water partition coefficient (Wildman–Crippen LogP) is 4.73. The Bertz CT molecular complexity index is 882. The van der Waals surface area contributed by atoms with Gasteiger partial charge in [-0.2, -0.15) is 5.26 Å². The number of methoxy groups -OCH3 is 1. The van der Waals surface area contributed by atoms with E-state index in [0.29, 0.717) is 17.2 Å². The Balaban J connectivity index is 1.97. The molecule has 24 heavy (non-hydrogen) atoms. The quantitative estimate of drug-likeness (QED) is 0.698. The Labute approximate surface area is 140 Å². The Morgan fingerprint density at radius 1 is 0.958 bits per heavy atom. The van der Waals surface area contributed by atoms with Crippen molar-refractivity contribution in [3.63, 3.8) is 0 Å². The summed E-state index contributed by atoms with van der Waals surface area (Å²) in [6.45, 7) is 1.91. The molecule has 0 amide bonds. The van der Waals surface area contributed by atoms with E-state index in [4.69, 9.17) is 9.47 Å². The first-order valence-electron chi connectivity index (χ1n) is 7.50. The first-order chi connectivity index (χ1) is 11.7. The van der Waals surface area contributed by atoms with Crippen molar-refractivity contribution in [2.45, 2.75) is 6.92 Å². The van der Waals surface area contributed by atoms with E-state index in [1.165, 1.54) is 0 Å². The van der Waals surface area contributed by atoms with Gasteiger partial charge in [0.15, 0.2) is 0 Å². The zero-order chi connectivity index (χ0) is 16.9. The first kappa shape index (κ1) is 15.6. The third-order valence-corrected chi connectivity index (χ3v) is 3.66. The van der Waals surface area contributed by atoms with Crippen LogP contribution in [0.25, 0.3) is 11.1 Å². The highest BCUT2D eigenvalue weighted by atomic mass is 16.5. The smallest absolute Gasteiger partial charge is 0.237 e. The lowest BCUT2D eigenvalue weighted by Gasteiger charge is -2.11. The maximum atomic E-state index is 9.45. The summed E-state index contributed by atoms with van der Waals surface area (Å²) in [6.07, 6.45) is 0. The van der Waals surface area contributed by atoms with Crippen LogP contribution < -0.4 is 9.47 Å². The number of benzene rings is 2. The highest BCUT2D eigenvalue weighted by molar-refractivity contribution is 5.68. The molecule has 0 aliphatic rings. The second kappa shape index (κ2) is 6.84. The van der Waals surface area contributed by atoms with Crippen molar-refractivity contribution in [2.24, 2.45) is 0 Å².